The molecule has 1 aromatic carbocycles. The molecule has 0 amide bonds. The van der Waals surface area contributed by atoms with Crippen molar-refractivity contribution in [2.24, 2.45) is 4.99 Å². The molecule has 0 spiro atoms. The van der Waals surface area contributed by atoms with Crippen LogP contribution in [0.5, 0.6) is 0 Å². The van der Waals surface area contributed by atoms with Gasteiger partial charge in [0.05, 0.1) is 5.56 Å². The third-order valence-corrected chi connectivity index (χ3v) is 2.20. The summed E-state index contributed by atoms with van der Waals surface area (Å²) in [5, 5.41) is 5.77. The summed E-state index contributed by atoms with van der Waals surface area (Å²) >= 11 is 0. The molecule has 0 unspecified atom stereocenters. The lowest BCUT2D eigenvalue weighted by Crippen LogP contribution is -2.34. The van der Waals surface area contributed by atoms with Gasteiger partial charge in [0, 0.05) is 20.6 Å². The van der Waals surface area contributed by atoms with E-state index in [9.17, 15) is 13.2 Å². The zero-order valence-electron chi connectivity index (χ0n) is 9.60. The number of halogens is 3. The topological polar surface area (TPSA) is 36.4 Å². The second-order valence-electron chi connectivity index (χ2n) is 3.37. The number of guanidine groups is 1. The molecule has 94 valence electrons. The van der Waals surface area contributed by atoms with Crippen LogP contribution in [0.15, 0.2) is 29.3 Å². The molecule has 0 bridgehead atoms. The second kappa shape index (κ2) is 5.56. The number of rotatable bonds is 2. The highest BCUT2D eigenvalue weighted by Gasteiger charge is 2.29. The highest BCUT2D eigenvalue weighted by atomic mass is 19.4. The average molecular weight is 245 g/mol. The highest BCUT2D eigenvalue weighted by Crippen LogP contribution is 2.28. The van der Waals surface area contributed by atoms with Crippen LogP contribution in [-0.2, 0) is 12.7 Å². The molecule has 0 saturated heterocycles. The molecule has 0 atom stereocenters. The number of nitrogens with one attached hydrogen (secondary N) is 2. The Hall–Kier alpha value is -1.72. The molecule has 0 fully saturated rings. The molecule has 0 aliphatic heterocycles. The largest absolute Gasteiger partial charge is 0.416 e. The number of nitrogens with zero attached hydrogens (tertiary/aromatic N) is 1. The minimum Gasteiger partial charge on any atom is -0.359 e. The average Bonchev–Trinajstić information content (AvgIpc) is 2.30. The Kier molecular flexibility index (Phi) is 4.37. The molecule has 0 aliphatic rings. The van der Waals surface area contributed by atoms with Crippen molar-refractivity contribution in [1.82, 2.24) is 10.6 Å². The van der Waals surface area contributed by atoms with Crippen molar-refractivity contribution in [3.63, 3.8) is 0 Å². The van der Waals surface area contributed by atoms with Crippen LogP contribution in [0.25, 0.3) is 0 Å². The zero-order valence-corrected chi connectivity index (χ0v) is 9.60. The summed E-state index contributed by atoms with van der Waals surface area (Å²) < 4.78 is 36.9. The van der Waals surface area contributed by atoms with Crippen molar-refractivity contribution in [3.05, 3.63) is 35.4 Å². The molecule has 0 aliphatic carbocycles. The van der Waals surface area contributed by atoms with Crippen LogP contribution in [0.2, 0.25) is 0 Å². The molecule has 3 nitrogen and oxygen atoms in total. The van der Waals surface area contributed by atoms with Gasteiger partial charge in [-0.15, -0.1) is 0 Å². The monoisotopic (exact) mass is 245 g/mol. The summed E-state index contributed by atoms with van der Waals surface area (Å²) in [6.45, 7) is 0.422. The second-order valence-corrected chi connectivity index (χ2v) is 3.37. The van der Waals surface area contributed by atoms with Crippen LogP contribution in [0.1, 0.15) is 11.1 Å². The molecule has 17 heavy (non-hydrogen) atoms. The van der Waals surface area contributed by atoms with Crippen molar-refractivity contribution >= 4 is 5.96 Å². The SMILES string of the molecule is CN=C(NC)NCc1ccc(C(F)(F)F)cc1. The van der Waals surface area contributed by atoms with Crippen LogP contribution in [0.3, 0.4) is 0 Å². The molecule has 1 rings (SSSR count). The van der Waals surface area contributed by atoms with Crippen molar-refractivity contribution in [3.8, 4) is 0 Å². The molecule has 1 aromatic rings. The Morgan fingerprint density at radius 3 is 2.24 bits per heavy atom. The lowest BCUT2D eigenvalue weighted by atomic mass is 10.1. The third kappa shape index (κ3) is 3.97. The van der Waals surface area contributed by atoms with Crippen LogP contribution in [0, 0.1) is 0 Å². The number of hydrogen-bond acceptors (Lipinski definition) is 1. The molecule has 0 heterocycles. The Morgan fingerprint density at radius 1 is 1.24 bits per heavy atom. The van der Waals surface area contributed by atoms with Gasteiger partial charge in [-0.1, -0.05) is 12.1 Å². The fourth-order valence-corrected chi connectivity index (χ4v) is 1.28. The molecule has 0 aromatic heterocycles. The first kappa shape index (κ1) is 13.3. The van der Waals surface area contributed by atoms with E-state index in [2.05, 4.69) is 15.6 Å². The Morgan fingerprint density at radius 2 is 1.82 bits per heavy atom. The molecule has 0 saturated carbocycles. The van der Waals surface area contributed by atoms with Crippen LogP contribution < -0.4 is 10.6 Å². The zero-order chi connectivity index (χ0) is 12.9. The number of benzene rings is 1. The molecular formula is C11H14F3N3. The molecule has 6 heteroatoms. The van der Waals surface area contributed by atoms with Gasteiger partial charge in [0.2, 0.25) is 0 Å². The summed E-state index contributed by atoms with van der Waals surface area (Å²) in [5.74, 6) is 0.588. The van der Waals surface area contributed by atoms with E-state index in [0.29, 0.717) is 12.5 Å². The van der Waals surface area contributed by atoms with Crippen molar-refractivity contribution in [2.75, 3.05) is 14.1 Å². The maximum absolute atomic E-state index is 12.3. The smallest absolute Gasteiger partial charge is 0.359 e. The maximum Gasteiger partial charge on any atom is 0.416 e. The van der Waals surface area contributed by atoms with Gasteiger partial charge in [-0.3, -0.25) is 4.99 Å². The first-order valence-electron chi connectivity index (χ1n) is 5.02. The Labute approximate surface area is 97.7 Å². The van der Waals surface area contributed by atoms with Gasteiger partial charge in [0.1, 0.15) is 0 Å². The number of alkyl halides is 3. The van der Waals surface area contributed by atoms with Crippen molar-refractivity contribution in [1.29, 1.82) is 0 Å². The van der Waals surface area contributed by atoms with Gasteiger partial charge in [-0.25, -0.2) is 0 Å². The van der Waals surface area contributed by atoms with E-state index in [1.54, 1.807) is 14.1 Å². The summed E-state index contributed by atoms with van der Waals surface area (Å²) in [6, 6.07) is 5.02. The fraction of sp³-hybridized carbons (Fsp3) is 0.364. The van der Waals surface area contributed by atoms with Crippen molar-refractivity contribution < 1.29 is 13.2 Å². The summed E-state index contributed by atoms with van der Waals surface area (Å²) in [5.41, 5.74) is 0.119. The van der Waals surface area contributed by atoms with E-state index >= 15 is 0 Å². The fourth-order valence-electron chi connectivity index (χ4n) is 1.28. The Bertz CT molecular complexity index is 382. The van der Waals surface area contributed by atoms with Crippen LogP contribution in [0.4, 0.5) is 13.2 Å². The standard InChI is InChI=1S/C11H14F3N3/c1-15-10(16-2)17-7-8-3-5-9(6-4-8)11(12,13)14/h3-6H,7H2,1-2H3,(H2,15,16,17). The predicted molar refractivity (Wildman–Crippen MR) is 60.7 cm³/mol. The quantitative estimate of drug-likeness (QED) is 0.617. The third-order valence-electron chi connectivity index (χ3n) is 2.20. The van der Waals surface area contributed by atoms with Gasteiger partial charge in [-0.2, -0.15) is 13.2 Å². The van der Waals surface area contributed by atoms with E-state index in [-0.39, 0.29) is 0 Å². The lowest BCUT2D eigenvalue weighted by molar-refractivity contribution is -0.137. The summed E-state index contributed by atoms with van der Waals surface area (Å²) in [6.07, 6.45) is -4.28. The van der Waals surface area contributed by atoms with E-state index in [4.69, 9.17) is 0 Å². The molecule has 0 radical (unpaired) electrons. The van der Waals surface area contributed by atoms with E-state index in [1.807, 2.05) is 0 Å². The normalized spacial score (nSPS) is 12.4. The summed E-state index contributed by atoms with van der Waals surface area (Å²) in [4.78, 5) is 3.89. The molecule has 2 N–H and O–H groups in total. The summed E-state index contributed by atoms with van der Waals surface area (Å²) in [7, 11) is 3.33. The number of aliphatic imine (C=N–C) groups is 1. The van der Waals surface area contributed by atoms with Crippen LogP contribution >= 0.6 is 0 Å². The number of hydrogen-bond donors (Lipinski definition) is 2. The first-order chi connectivity index (χ1) is 7.97. The van der Waals surface area contributed by atoms with Crippen molar-refractivity contribution in [2.45, 2.75) is 12.7 Å². The first-order valence-corrected chi connectivity index (χ1v) is 5.02. The Balaban J connectivity index is 2.63. The molecular weight excluding hydrogens is 231 g/mol. The van der Waals surface area contributed by atoms with Gasteiger partial charge in [-0.05, 0) is 17.7 Å². The van der Waals surface area contributed by atoms with Crippen LogP contribution in [-0.4, -0.2) is 20.1 Å². The van der Waals surface area contributed by atoms with Gasteiger partial charge < -0.3 is 10.6 Å². The minimum absolute atomic E-state index is 0.422. The minimum atomic E-state index is -4.28. The van der Waals surface area contributed by atoms with Gasteiger partial charge in [0.15, 0.2) is 5.96 Å². The van der Waals surface area contributed by atoms with E-state index in [1.165, 1.54) is 12.1 Å². The van der Waals surface area contributed by atoms with E-state index in [0.717, 1.165) is 17.7 Å². The van der Waals surface area contributed by atoms with E-state index < -0.39 is 11.7 Å². The highest BCUT2D eigenvalue weighted by molar-refractivity contribution is 5.79. The van der Waals surface area contributed by atoms with Gasteiger partial charge in [0.25, 0.3) is 0 Å². The van der Waals surface area contributed by atoms with Gasteiger partial charge >= 0.3 is 6.18 Å². The maximum atomic E-state index is 12.3. The predicted octanol–water partition coefficient (Wildman–Crippen LogP) is 2.00. The lowest BCUT2D eigenvalue weighted by Gasteiger charge is -2.10.